The molecule has 138 valence electrons. The van der Waals surface area contributed by atoms with Crippen molar-refractivity contribution < 1.29 is 9.59 Å². The minimum atomic E-state index is -0.540. The average molecular weight is 356 g/mol. The number of fused-ring (bicyclic) bond motifs is 1. The molecule has 0 radical (unpaired) electrons. The Morgan fingerprint density at radius 2 is 2.00 bits per heavy atom. The number of hydrogen-bond donors (Lipinski definition) is 3. The highest BCUT2D eigenvalue weighted by atomic mass is 16.2. The lowest BCUT2D eigenvalue weighted by Crippen LogP contribution is -2.56. The van der Waals surface area contributed by atoms with Gasteiger partial charge in [0.1, 0.15) is 0 Å². The zero-order valence-electron chi connectivity index (χ0n) is 15.3. The van der Waals surface area contributed by atoms with E-state index in [4.69, 9.17) is 0 Å². The zero-order valence-corrected chi connectivity index (χ0v) is 15.3. The number of H-pyrrole nitrogens is 1. The molecule has 3 rings (SSSR count). The van der Waals surface area contributed by atoms with Crippen LogP contribution in [0.5, 0.6) is 0 Å². The highest BCUT2D eigenvalue weighted by Crippen LogP contribution is 2.19. The number of carbonyl (C=O) groups excluding carboxylic acids is 2. The Hall–Kier alpha value is -2.67. The predicted molar refractivity (Wildman–Crippen MR) is 99.9 cm³/mol. The van der Waals surface area contributed by atoms with Gasteiger partial charge in [-0.15, -0.1) is 0 Å². The minimum Gasteiger partial charge on any atom is -0.359 e. The zero-order chi connectivity index (χ0) is 18.8. The number of piperazine rings is 1. The van der Waals surface area contributed by atoms with Crippen LogP contribution >= 0.6 is 0 Å². The van der Waals surface area contributed by atoms with E-state index in [2.05, 4.69) is 15.6 Å². The van der Waals surface area contributed by atoms with Gasteiger partial charge in [0.25, 0.3) is 0 Å². The fourth-order valence-corrected chi connectivity index (χ4v) is 3.47. The maximum atomic E-state index is 12.6. The number of aryl methyl sites for hydroxylation is 2. The summed E-state index contributed by atoms with van der Waals surface area (Å²) in [5.41, 5.74) is 3.49. The van der Waals surface area contributed by atoms with Gasteiger partial charge in [-0.05, 0) is 25.0 Å². The van der Waals surface area contributed by atoms with Crippen LogP contribution in [0.2, 0.25) is 0 Å². The predicted octanol–water partition coefficient (Wildman–Crippen LogP) is 0.581. The van der Waals surface area contributed by atoms with Crippen molar-refractivity contribution in [1.29, 1.82) is 0 Å². The lowest BCUT2D eigenvalue weighted by Gasteiger charge is -2.34. The van der Waals surface area contributed by atoms with Crippen molar-refractivity contribution in [2.75, 3.05) is 20.1 Å². The molecule has 0 saturated carbocycles. The topological polar surface area (TPSA) is 94.3 Å². The number of carbonyl (C=O) groups is 2. The number of aromatic amines is 1. The molecule has 1 aliphatic heterocycles. The van der Waals surface area contributed by atoms with Gasteiger partial charge in [-0.3, -0.25) is 19.3 Å². The summed E-state index contributed by atoms with van der Waals surface area (Å²) in [7, 11) is 1.55. The van der Waals surface area contributed by atoms with Gasteiger partial charge >= 0.3 is 0 Å². The summed E-state index contributed by atoms with van der Waals surface area (Å²) in [6.07, 6.45) is 0.0955. The van der Waals surface area contributed by atoms with Crippen molar-refractivity contribution in [1.82, 2.24) is 20.5 Å². The molecule has 0 unspecified atom stereocenters. The standard InChI is InChI=1S/C19H24N4O3/c1-11-4-5-12(2)18-17(11)15(24)8-13(22-18)10-23-7-6-21-19(26)14(23)9-16(25)20-3/h4-5,8,14H,6-7,9-10H2,1-3H3,(H,20,25)(H,21,26)(H,22,24)/t14-/m1/s1. The summed E-state index contributed by atoms with van der Waals surface area (Å²) in [6.45, 7) is 5.45. The molecule has 2 heterocycles. The molecule has 1 aromatic heterocycles. The first-order valence-electron chi connectivity index (χ1n) is 8.75. The van der Waals surface area contributed by atoms with E-state index in [1.807, 2.05) is 30.9 Å². The summed E-state index contributed by atoms with van der Waals surface area (Å²) < 4.78 is 0. The third-order valence-electron chi connectivity index (χ3n) is 4.93. The van der Waals surface area contributed by atoms with Crippen LogP contribution in [0.15, 0.2) is 23.0 Å². The van der Waals surface area contributed by atoms with Crippen molar-refractivity contribution in [3.63, 3.8) is 0 Å². The number of pyridine rings is 1. The van der Waals surface area contributed by atoms with Crippen LogP contribution in [0.3, 0.4) is 0 Å². The SMILES string of the molecule is CNC(=O)C[C@@H]1C(=O)NCCN1Cc1cc(=O)c2c(C)ccc(C)c2[nH]1. The molecule has 1 aromatic carbocycles. The van der Waals surface area contributed by atoms with Gasteiger partial charge < -0.3 is 15.6 Å². The molecule has 7 nitrogen and oxygen atoms in total. The molecule has 7 heteroatoms. The van der Waals surface area contributed by atoms with Crippen LogP contribution in [-0.2, 0) is 16.1 Å². The number of nitrogens with zero attached hydrogens (tertiary/aromatic N) is 1. The van der Waals surface area contributed by atoms with Crippen molar-refractivity contribution in [3.05, 3.63) is 45.2 Å². The monoisotopic (exact) mass is 356 g/mol. The summed E-state index contributed by atoms with van der Waals surface area (Å²) in [5, 5.41) is 6.06. The number of nitrogens with one attached hydrogen (secondary N) is 3. The molecular weight excluding hydrogens is 332 g/mol. The van der Waals surface area contributed by atoms with Gasteiger partial charge in [-0.1, -0.05) is 12.1 Å². The van der Waals surface area contributed by atoms with Gasteiger partial charge in [0, 0.05) is 43.8 Å². The van der Waals surface area contributed by atoms with E-state index in [1.165, 1.54) is 0 Å². The molecule has 3 N–H and O–H groups in total. The number of rotatable bonds is 4. The van der Waals surface area contributed by atoms with Gasteiger partial charge in [0.05, 0.1) is 18.0 Å². The molecular formula is C19H24N4O3. The van der Waals surface area contributed by atoms with Crippen molar-refractivity contribution >= 4 is 22.7 Å². The Labute approximate surface area is 151 Å². The maximum absolute atomic E-state index is 12.6. The van der Waals surface area contributed by atoms with E-state index >= 15 is 0 Å². The summed E-state index contributed by atoms with van der Waals surface area (Å²) >= 11 is 0. The highest BCUT2D eigenvalue weighted by molar-refractivity contribution is 5.88. The van der Waals surface area contributed by atoms with E-state index in [9.17, 15) is 14.4 Å². The lowest BCUT2D eigenvalue weighted by atomic mass is 10.0. The van der Waals surface area contributed by atoms with Crippen molar-refractivity contribution in [2.24, 2.45) is 0 Å². The second-order valence-corrected chi connectivity index (χ2v) is 6.76. The summed E-state index contributed by atoms with van der Waals surface area (Å²) in [4.78, 5) is 41.9. The molecule has 2 amide bonds. The third kappa shape index (κ3) is 3.48. The normalized spacial score (nSPS) is 18.0. The molecule has 0 spiro atoms. The van der Waals surface area contributed by atoms with Crippen LogP contribution in [0, 0.1) is 13.8 Å². The molecule has 26 heavy (non-hydrogen) atoms. The second-order valence-electron chi connectivity index (χ2n) is 6.76. The second kappa shape index (κ2) is 7.29. The van der Waals surface area contributed by atoms with E-state index in [1.54, 1.807) is 13.1 Å². The molecule has 1 atom stereocenters. The molecule has 1 aliphatic rings. The Balaban J connectivity index is 1.94. The van der Waals surface area contributed by atoms with Crippen LogP contribution in [-0.4, -0.2) is 47.9 Å². The molecule has 1 fully saturated rings. The van der Waals surface area contributed by atoms with E-state index in [-0.39, 0.29) is 23.7 Å². The number of amides is 2. The molecule has 1 saturated heterocycles. The van der Waals surface area contributed by atoms with Crippen LogP contribution in [0.25, 0.3) is 10.9 Å². The first kappa shape index (κ1) is 18.1. The number of aromatic nitrogens is 1. The van der Waals surface area contributed by atoms with Crippen LogP contribution < -0.4 is 16.1 Å². The van der Waals surface area contributed by atoms with Crippen LogP contribution in [0.4, 0.5) is 0 Å². The molecule has 2 aromatic rings. The van der Waals surface area contributed by atoms with E-state index < -0.39 is 6.04 Å². The van der Waals surface area contributed by atoms with Gasteiger partial charge in [-0.2, -0.15) is 0 Å². The first-order valence-corrected chi connectivity index (χ1v) is 8.75. The third-order valence-corrected chi connectivity index (χ3v) is 4.93. The highest BCUT2D eigenvalue weighted by Gasteiger charge is 2.31. The maximum Gasteiger partial charge on any atom is 0.237 e. The minimum absolute atomic E-state index is 0.0285. The van der Waals surface area contributed by atoms with Crippen LogP contribution in [0.1, 0.15) is 23.2 Å². The van der Waals surface area contributed by atoms with Crippen molar-refractivity contribution in [3.8, 4) is 0 Å². The largest absolute Gasteiger partial charge is 0.359 e. The Morgan fingerprint density at radius 3 is 2.73 bits per heavy atom. The first-order chi connectivity index (χ1) is 12.4. The fourth-order valence-electron chi connectivity index (χ4n) is 3.47. The summed E-state index contributed by atoms with van der Waals surface area (Å²) in [5.74, 6) is -0.342. The van der Waals surface area contributed by atoms with E-state index in [0.29, 0.717) is 25.0 Å². The van der Waals surface area contributed by atoms with Crippen molar-refractivity contribution in [2.45, 2.75) is 32.9 Å². The van der Waals surface area contributed by atoms with Gasteiger partial charge in [0.15, 0.2) is 5.43 Å². The Kier molecular flexibility index (Phi) is 5.08. The number of benzene rings is 1. The lowest BCUT2D eigenvalue weighted by molar-refractivity contribution is -0.134. The average Bonchev–Trinajstić information content (AvgIpc) is 2.60. The molecule has 0 aliphatic carbocycles. The van der Waals surface area contributed by atoms with Gasteiger partial charge in [-0.25, -0.2) is 0 Å². The number of hydrogen-bond acceptors (Lipinski definition) is 4. The fraction of sp³-hybridized carbons (Fsp3) is 0.421. The Morgan fingerprint density at radius 1 is 1.27 bits per heavy atom. The van der Waals surface area contributed by atoms with E-state index in [0.717, 1.165) is 22.3 Å². The van der Waals surface area contributed by atoms with Gasteiger partial charge in [0.2, 0.25) is 11.8 Å². The summed E-state index contributed by atoms with van der Waals surface area (Å²) in [6, 6.07) is 4.99. The smallest absolute Gasteiger partial charge is 0.237 e. The Bertz CT molecular complexity index is 919. The quantitative estimate of drug-likeness (QED) is 0.747. The molecule has 0 bridgehead atoms.